The predicted octanol–water partition coefficient (Wildman–Crippen LogP) is 1.44. The zero-order valence-electron chi connectivity index (χ0n) is 11.6. The fourth-order valence-corrected chi connectivity index (χ4v) is 3.84. The second kappa shape index (κ2) is 6.20. The quantitative estimate of drug-likeness (QED) is 0.834. The maximum Gasteiger partial charge on any atom is 0.179 e. The summed E-state index contributed by atoms with van der Waals surface area (Å²) in [6.45, 7) is 4.79. The van der Waals surface area contributed by atoms with Gasteiger partial charge in [0.05, 0.1) is 10.6 Å². The zero-order chi connectivity index (χ0) is 14.8. The number of hydrogen-bond acceptors (Lipinski definition) is 4. The maximum absolute atomic E-state index is 12.3. The highest BCUT2D eigenvalue weighted by Crippen LogP contribution is 2.17. The monoisotopic (exact) mass is 312 g/mol. The third kappa shape index (κ3) is 3.77. The minimum atomic E-state index is -3.23. The minimum absolute atomic E-state index is 0.159. The lowest BCUT2D eigenvalue weighted by molar-refractivity contribution is 0.347. The van der Waals surface area contributed by atoms with Gasteiger partial charge in [-0.15, -0.1) is 0 Å². The first kappa shape index (κ1) is 15.4. The molecule has 0 saturated carbocycles. The second-order valence-electron chi connectivity index (χ2n) is 5.40. The molecule has 1 fully saturated rings. The van der Waals surface area contributed by atoms with Gasteiger partial charge in [-0.3, -0.25) is 0 Å². The molecule has 0 radical (unpaired) electrons. The van der Waals surface area contributed by atoms with E-state index >= 15 is 0 Å². The number of hydrogen-bond donors (Lipinski definition) is 1. The molecule has 0 spiro atoms. The number of likely N-dealkylation sites (tertiary alicyclic amines) is 1. The molecule has 20 heavy (non-hydrogen) atoms. The molecule has 0 aromatic heterocycles. The summed E-state index contributed by atoms with van der Waals surface area (Å²) in [7, 11) is -3.23. The molecule has 1 aliphatic heterocycles. The van der Waals surface area contributed by atoms with Crippen molar-refractivity contribution >= 4 is 27.0 Å². The number of nitrogens with zero attached hydrogens (tertiary/aromatic N) is 1. The van der Waals surface area contributed by atoms with Gasteiger partial charge in [-0.05, 0) is 31.0 Å². The first-order valence-corrected chi connectivity index (χ1v) is 8.79. The number of thiocarbonyl (C=S) groups is 1. The lowest BCUT2D eigenvalue weighted by Gasteiger charge is -2.15. The van der Waals surface area contributed by atoms with Crippen molar-refractivity contribution in [2.24, 2.45) is 11.7 Å². The second-order valence-corrected chi connectivity index (χ2v) is 7.95. The van der Waals surface area contributed by atoms with E-state index in [4.69, 9.17) is 18.0 Å². The highest BCUT2D eigenvalue weighted by atomic mass is 32.2. The van der Waals surface area contributed by atoms with Crippen LogP contribution in [-0.2, 0) is 9.84 Å². The van der Waals surface area contributed by atoms with E-state index in [1.807, 2.05) is 0 Å². The fourth-order valence-electron chi connectivity index (χ4n) is 2.42. The summed E-state index contributed by atoms with van der Waals surface area (Å²) in [5.41, 5.74) is 6.19. The molecule has 0 amide bonds. The molecule has 1 aromatic carbocycles. The van der Waals surface area contributed by atoms with Gasteiger partial charge in [-0.25, -0.2) is 8.42 Å². The van der Waals surface area contributed by atoms with Crippen LogP contribution in [0.25, 0.3) is 0 Å². The van der Waals surface area contributed by atoms with Crippen molar-refractivity contribution in [2.45, 2.75) is 18.2 Å². The van der Waals surface area contributed by atoms with Crippen molar-refractivity contribution in [3.05, 3.63) is 29.8 Å². The van der Waals surface area contributed by atoms with Crippen LogP contribution in [0.3, 0.4) is 0 Å². The van der Waals surface area contributed by atoms with Crippen LogP contribution in [0.5, 0.6) is 0 Å². The number of benzene rings is 1. The Kier molecular flexibility index (Phi) is 4.78. The summed E-state index contributed by atoms with van der Waals surface area (Å²) in [4.78, 5) is 2.83. The van der Waals surface area contributed by atoms with E-state index < -0.39 is 9.84 Å². The minimum Gasteiger partial charge on any atom is -0.389 e. The first-order valence-electron chi connectivity index (χ1n) is 6.73. The topological polar surface area (TPSA) is 63.4 Å². The van der Waals surface area contributed by atoms with Gasteiger partial charge in [-0.1, -0.05) is 31.3 Å². The lowest BCUT2D eigenvalue weighted by Crippen LogP contribution is -2.27. The van der Waals surface area contributed by atoms with Crippen LogP contribution in [0.1, 0.15) is 18.9 Å². The highest BCUT2D eigenvalue weighted by molar-refractivity contribution is 7.91. The summed E-state index contributed by atoms with van der Waals surface area (Å²) in [6.07, 6.45) is 1.16. The van der Waals surface area contributed by atoms with E-state index in [-0.39, 0.29) is 10.7 Å². The first-order chi connectivity index (χ1) is 9.38. The van der Waals surface area contributed by atoms with Crippen LogP contribution in [0.15, 0.2) is 29.2 Å². The Hall–Kier alpha value is -0.980. The maximum atomic E-state index is 12.3. The van der Waals surface area contributed by atoms with Gasteiger partial charge < -0.3 is 10.6 Å². The van der Waals surface area contributed by atoms with E-state index in [9.17, 15) is 8.42 Å². The standard InChI is InChI=1S/C14H20N2O2S2/c1-11-6-7-16(10-11)8-9-20(17,18)13-4-2-12(3-5-13)14(15)19/h2-5,11H,6-10H2,1H3,(H2,15,19). The van der Waals surface area contributed by atoms with Crippen molar-refractivity contribution in [2.75, 3.05) is 25.4 Å². The van der Waals surface area contributed by atoms with Crippen LogP contribution in [0, 0.1) is 5.92 Å². The molecule has 6 heteroatoms. The van der Waals surface area contributed by atoms with Gasteiger partial charge in [0.15, 0.2) is 9.84 Å². The fraction of sp³-hybridized carbons (Fsp3) is 0.500. The number of rotatable bonds is 5. The van der Waals surface area contributed by atoms with Gasteiger partial charge >= 0.3 is 0 Å². The van der Waals surface area contributed by atoms with Crippen molar-refractivity contribution in [3.8, 4) is 0 Å². The Balaban J connectivity index is 2.00. The lowest BCUT2D eigenvalue weighted by atomic mass is 10.2. The number of nitrogens with two attached hydrogens (primary N) is 1. The van der Waals surface area contributed by atoms with Crippen molar-refractivity contribution < 1.29 is 8.42 Å². The van der Waals surface area contributed by atoms with E-state index in [2.05, 4.69) is 11.8 Å². The Morgan fingerprint density at radius 2 is 2.05 bits per heavy atom. The van der Waals surface area contributed by atoms with Crippen molar-refractivity contribution in [1.29, 1.82) is 0 Å². The molecule has 1 aliphatic rings. The van der Waals surface area contributed by atoms with Gasteiger partial charge in [0.25, 0.3) is 0 Å². The summed E-state index contributed by atoms with van der Waals surface area (Å²) in [5, 5.41) is 0. The average Bonchev–Trinajstić information content (AvgIpc) is 2.82. The van der Waals surface area contributed by atoms with Gasteiger partial charge in [0.2, 0.25) is 0 Å². The Bertz CT molecular complexity index is 582. The Labute approximate surface area is 125 Å². The molecule has 1 atom stereocenters. The molecular weight excluding hydrogens is 292 g/mol. The largest absolute Gasteiger partial charge is 0.389 e. The Morgan fingerprint density at radius 1 is 1.40 bits per heavy atom. The third-order valence-electron chi connectivity index (χ3n) is 3.68. The third-order valence-corrected chi connectivity index (χ3v) is 5.63. The molecule has 2 N–H and O–H groups in total. The van der Waals surface area contributed by atoms with Crippen LogP contribution in [-0.4, -0.2) is 43.7 Å². The molecule has 1 saturated heterocycles. The molecule has 1 aromatic rings. The predicted molar refractivity (Wildman–Crippen MR) is 84.6 cm³/mol. The molecule has 0 aliphatic carbocycles. The van der Waals surface area contributed by atoms with E-state index in [1.54, 1.807) is 24.3 Å². The van der Waals surface area contributed by atoms with Crippen LogP contribution >= 0.6 is 12.2 Å². The van der Waals surface area contributed by atoms with Crippen molar-refractivity contribution in [1.82, 2.24) is 4.90 Å². The molecule has 2 rings (SSSR count). The van der Waals surface area contributed by atoms with Crippen LogP contribution < -0.4 is 5.73 Å². The van der Waals surface area contributed by atoms with Crippen molar-refractivity contribution in [3.63, 3.8) is 0 Å². The molecule has 4 nitrogen and oxygen atoms in total. The zero-order valence-corrected chi connectivity index (χ0v) is 13.2. The summed E-state index contributed by atoms with van der Waals surface area (Å²) in [5.74, 6) is 0.828. The molecule has 1 heterocycles. The molecule has 1 unspecified atom stereocenters. The summed E-state index contributed by atoms with van der Waals surface area (Å²) in [6, 6.07) is 6.48. The molecule has 110 valence electrons. The smallest absolute Gasteiger partial charge is 0.179 e. The highest BCUT2D eigenvalue weighted by Gasteiger charge is 2.21. The molecule has 0 bridgehead atoms. The van der Waals surface area contributed by atoms with E-state index in [0.717, 1.165) is 19.5 Å². The van der Waals surface area contributed by atoms with Gasteiger partial charge in [0.1, 0.15) is 4.99 Å². The molecular formula is C14H20N2O2S2. The summed E-state index contributed by atoms with van der Waals surface area (Å²) >= 11 is 4.86. The normalized spacial score (nSPS) is 20.1. The number of sulfone groups is 1. The van der Waals surface area contributed by atoms with Gasteiger partial charge in [0, 0.05) is 18.7 Å². The van der Waals surface area contributed by atoms with E-state index in [0.29, 0.717) is 22.9 Å². The Morgan fingerprint density at radius 3 is 2.55 bits per heavy atom. The SMILES string of the molecule is CC1CCN(CCS(=O)(=O)c2ccc(C(N)=S)cc2)C1. The van der Waals surface area contributed by atoms with Gasteiger partial charge in [-0.2, -0.15) is 0 Å². The van der Waals surface area contributed by atoms with E-state index in [1.165, 1.54) is 0 Å². The average molecular weight is 312 g/mol. The van der Waals surface area contributed by atoms with Crippen LogP contribution in [0.4, 0.5) is 0 Å². The van der Waals surface area contributed by atoms with Crippen LogP contribution in [0.2, 0.25) is 0 Å². The summed E-state index contributed by atoms with van der Waals surface area (Å²) < 4.78 is 24.5.